The molecule has 6 heteroatoms. The summed E-state index contributed by atoms with van der Waals surface area (Å²) in [5, 5.41) is -0.299. The number of ether oxygens (including phenoxy) is 1. The van der Waals surface area contributed by atoms with Gasteiger partial charge in [0.25, 0.3) is 0 Å². The van der Waals surface area contributed by atoms with Crippen molar-refractivity contribution in [3.8, 4) is 5.75 Å². The minimum absolute atomic E-state index is 0.299. The van der Waals surface area contributed by atoms with E-state index in [4.69, 9.17) is 4.74 Å². The van der Waals surface area contributed by atoms with Crippen molar-refractivity contribution in [2.75, 3.05) is 33.3 Å². The number of hydrogen-bond acceptors (Lipinski definition) is 4. The van der Waals surface area contributed by atoms with Crippen molar-refractivity contribution < 1.29 is 13.2 Å². The molecule has 1 N–H and O–H groups in total. The fourth-order valence-corrected chi connectivity index (χ4v) is 4.13. The van der Waals surface area contributed by atoms with Crippen LogP contribution in [0.1, 0.15) is 18.9 Å². The highest BCUT2D eigenvalue weighted by Crippen LogP contribution is 2.19. The van der Waals surface area contributed by atoms with E-state index >= 15 is 0 Å². The Morgan fingerprint density at radius 3 is 2.91 bits per heavy atom. The van der Waals surface area contributed by atoms with Gasteiger partial charge in [-0.3, -0.25) is 4.90 Å². The van der Waals surface area contributed by atoms with Gasteiger partial charge in [-0.1, -0.05) is 37.3 Å². The number of methoxy groups -OCH3 is 1. The molecular weight excluding hydrogens is 300 g/mol. The monoisotopic (exact) mass is 324 g/mol. The Kier molecular flexibility index (Phi) is 5.99. The van der Waals surface area contributed by atoms with Crippen molar-refractivity contribution in [3.63, 3.8) is 0 Å². The minimum atomic E-state index is -3.17. The van der Waals surface area contributed by atoms with Crippen molar-refractivity contribution in [3.05, 3.63) is 35.9 Å². The molecule has 1 heterocycles. The van der Waals surface area contributed by atoms with Crippen LogP contribution >= 0.6 is 0 Å². The van der Waals surface area contributed by atoms with Crippen LogP contribution in [0.25, 0.3) is 6.08 Å². The zero-order valence-corrected chi connectivity index (χ0v) is 14.0. The maximum absolute atomic E-state index is 12.0. The van der Waals surface area contributed by atoms with Crippen LogP contribution in [0.3, 0.4) is 0 Å². The molecule has 0 bridgehead atoms. The second-order valence-electron chi connectivity index (χ2n) is 5.36. The van der Waals surface area contributed by atoms with Crippen molar-refractivity contribution in [2.24, 2.45) is 0 Å². The highest BCUT2D eigenvalue weighted by Gasteiger charge is 2.31. The van der Waals surface area contributed by atoms with Crippen LogP contribution in [0.2, 0.25) is 0 Å². The summed E-state index contributed by atoms with van der Waals surface area (Å²) in [5.41, 5.74) is 1.03. The molecule has 1 fully saturated rings. The molecule has 2 rings (SSSR count). The van der Waals surface area contributed by atoms with Crippen molar-refractivity contribution >= 4 is 16.1 Å². The molecule has 0 aliphatic carbocycles. The Morgan fingerprint density at radius 1 is 1.41 bits per heavy atom. The molecule has 1 aromatic rings. The van der Waals surface area contributed by atoms with Gasteiger partial charge in [0.05, 0.1) is 12.4 Å². The number of nitrogens with zero attached hydrogens (tertiary/aromatic N) is 1. The number of sulfonamides is 1. The summed E-state index contributed by atoms with van der Waals surface area (Å²) in [7, 11) is -1.51. The molecule has 0 spiro atoms. The highest BCUT2D eigenvalue weighted by molar-refractivity contribution is 7.90. The maximum Gasteiger partial charge on any atom is 0.215 e. The van der Waals surface area contributed by atoms with Gasteiger partial charge in [-0.15, -0.1) is 0 Å². The first-order valence-corrected chi connectivity index (χ1v) is 9.12. The van der Waals surface area contributed by atoms with Crippen molar-refractivity contribution in [1.82, 2.24) is 9.62 Å². The molecule has 22 heavy (non-hydrogen) atoms. The molecule has 1 aromatic carbocycles. The van der Waals surface area contributed by atoms with E-state index in [1.165, 1.54) is 0 Å². The molecule has 1 aliphatic heterocycles. The summed E-state index contributed by atoms with van der Waals surface area (Å²) in [6.07, 6.45) is 4.77. The summed E-state index contributed by atoms with van der Waals surface area (Å²) < 4.78 is 31.9. The highest BCUT2D eigenvalue weighted by atomic mass is 32.2. The molecule has 1 unspecified atom stereocenters. The van der Waals surface area contributed by atoms with E-state index in [1.54, 1.807) is 14.0 Å². The number of rotatable bonds is 7. The molecule has 0 aromatic heterocycles. The zero-order chi connectivity index (χ0) is 16.0. The van der Waals surface area contributed by atoms with E-state index < -0.39 is 10.0 Å². The largest absolute Gasteiger partial charge is 0.496 e. The predicted molar refractivity (Wildman–Crippen MR) is 89.5 cm³/mol. The van der Waals surface area contributed by atoms with E-state index in [2.05, 4.69) is 15.7 Å². The minimum Gasteiger partial charge on any atom is -0.496 e. The number of para-hydroxylation sites is 1. The van der Waals surface area contributed by atoms with Gasteiger partial charge in [-0.2, -0.15) is 0 Å². The fraction of sp³-hybridized carbons (Fsp3) is 0.500. The van der Waals surface area contributed by atoms with Crippen molar-refractivity contribution in [1.29, 1.82) is 0 Å². The fourth-order valence-electron chi connectivity index (χ4n) is 2.67. The third-order valence-electron chi connectivity index (χ3n) is 3.81. The topological polar surface area (TPSA) is 58.6 Å². The van der Waals surface area contributed by atoms with Gasteiger partial charge in [-0.05, 0) is 19.0 Å². The Balaban J connectivity index is 1.90. The number of hydrogen-bond donors (Lipinski definition) is 1. The van der Waals surface area contributed by atoms with Crippen LogP contribution in [0.15, 0.2) is 30.3 Å². The first kappa shape index (κ1) is 17.0. The van der Waals surface area contributed by atoms with E-state index in [0.717, 1.165) is 24.4 Å². The van der Waals surface area contributed by atoms with Gasteiger partial charge >= 0.3 is 0 Å². The van der Waals surface area contributed by atoms with Crippen molar-refractivity contribution in [2.45, 2.75) is 18.6 Å². The molecule has 1 aliphatic rings. The predicted octanol–water partition coefficient (Wildman–Crippen LogP) is 1.72. The van der Waals surface area contributed by atoms with Crippen LogP contribution < -0.4 is 9.46 Å². The second kappa shape index (κ2) is 7.76. The Labute approximate surface area is 133 Å². The Morgan fingerprint density at radius 2 is 2.18 bits per heavy atom. The van der Waals surface area contributed by atoms with Crippen LogP contribution in [0, 0.1) is 0 Å². The smallest absolute Gasteiger partial charge is 0.215 e. The molecule has 0 saturated carbocycles. The quantitative estimate of drug-likeness (QED) is 0.830. The normalized spacial score (nSPS) is 19.8. The molecule has 1 saturated heterocycles. The average molecular weight is 324 g/mol. The standard InChI is InChI=1S/C16H24N2O3S/c1-3-17-22(19,20)15-10-12-18(13-15)11-6-8-14-7-4-5-9-16(14)21-2/h4-9,15,17H,3,10-13H2,1-2H3/b8-6+. The van der Waals surface area contributed by atoms with Crippen LogP contribution in [-0.4, -0.2) is 51.9 Å². The van der Waals surface area contributed by atoms with E-state index in [0.29, 0.717) is 19.5 Å². The molecule has 0 radical (unpaired) electrons. The summed E-state index contributed by atoms with van der Waals surface area (Å²) in [6, 6.07) is 7.83. The number of nitrogens with one attached hydrogen (secondary N) is 1. The molecule has 0 amide bonds. The number of benzene rings is 1. The van der Waals surface area contributed by atoms with Crippen LogP contribution in [0.4, 0.5) is 0 Å². The van der Waals surface area contributed by atoms with Gasteiger partial charge in [0.15, 0.2) is 0 Å². The van der Waals surface area contributed by atoms with E-state index in [1.807, 2.05) is 30.3 Å². The van der Waals surface area contributed by atoms with Gasteiger partial charge in [0.2, 0.25) is 10.0 Å². The Bertz CT molecular complexity index is 614. The first-order valence-electron chi connectivity index (χ1n) is 7.57. The SMILES string of the molecule is CCNS(=O)(=O)C1CCN(C/C=C/c2ccccc2OC)C1. The zero-order valence-electron chi connectivity index (χ0n) is 13.2. The molecular formula is C16H24N2O3S. The van der Waals surface area contributed by atoms with Crippen LogP contribution in [-0.2, 0) is 10.0 Å². The molecule has 122 valence electrons. The van der Waals surface area contributed by atoms with E-state index in [9.17, 15) is 8.42 Å². The number of likely N-dealkylation sites (tertiary alicyclic amines) is 1. The summed E-state index contributed by atoms with van der Waals surface area (Å²) in [5.74, 6) is 0.841. The van der Waals surface area contributed by atoms with E-state index in [-0.39, 0.29) is 5.25 Å². The maximum atomic E-state index is 12.0. The lowest BCUT2D eigenvalue weighted by Gasteiger charge is -2.14. The third kappa shape index (κ3) is 4.32. The lowest BCUT2D eigenvalue weighted by molar-refractivity contribution is 0.377. The van der Waals surface area contributed by atoms with Gasteiger partial charge < -0.3 is 4.74 Å². The lowest BCUT2D eigenvalue weighted by atomic mass is 10.2. The average Bonchev–Trinajstić information content (AvgIpc) is 2.97. The first-order chi connectivity index (χ1) is 10.6. The summed E-state index contributed by atoms with van der Waals surface area (Å²) in [4.78, 5) is 2.16. The summed E-state index contributed by atoms with van der Waals surface area (Å²) >= 11 is 0. The summed E-state index contributed by atoms with van der Waals surface area (Å²) in [6.45, 7) is 4.40. The lowest BCUT2D eigenvalue weighted by Crippen LogP contribution is -2.36. The third-order valence-corrected chi connectivity index (χ3v) is 5.77. The van der Waals surface area contributed by atoms with Gasteiger partial charge in [0.1, 0.15) is 5.75 Å². The van der Waals surface area contributed by atoms with Gasteiger partial charge in [-0.25, -0.2) is 13.1 Å². The molecule has 5 nitrogen and oxygen atoms in total. The van der Waals surface area contributed by atoms with Gasteiger partial charge in [0, 0.05) is 25.2 Å². The molecule has 1 atom stereocenters. The Hall–Kier alpha value is -1.37. The second-order valence-corrected chi connectivity index (χ2v) is 7.40. The van der Waals surface area contributed by atoms with Crippen LogP contribution in [0.5, 0.6) is 5.75 Å².